The monoisotopic (exact) mass is 396 g/mol. The average molecular weight is 397 g/mol. The highest BCUT2D eigenvalue weighted by Gasteiger charge is 2.44. The van der Waals surface area contributed by atoms with E-state index in [0.29, 0.717) is 32.1 Å². The molecule has 1 aliphatic rings. The largest absolute Gasteiger partial charge is 0.481 e. The first kappa shape index (κ1) is 22.1. The molecule has 0 bridgehead atoms. The number of carbonyl (C=O) groups is 1. The number of hydrogen-bond donors (Lipinski definition) is 4. The molecular formula is C21H32O5S. The minimum atomic E-state index is -0.792. The van der Waals surface area contributed by atoms with Gasteiger partial charge in [0.1, 0.15) is 0 Å². The Hall–Kier alpha value is -1.21. The predicted molar refractivity (Wildman–Crippen MR) is 107 cm³/mol. The minimum absolute atomic E-state index is 0.150. The third kappa shape index (κ3) is 7.37. The second-order valence-corrected chi connectivity index (χ2v) is 8.33. The zero-order chi connectivity index (χ0) is 19.6. The molecule has 3 unspecified atom stereocenters. The quantitative estimate of drug-likeness (QED) is 0.321. The van der Waals surface area contributed by atoms with Crippen molar-refractivity contribution < 1.29 is 25.2 Å². The molecule has 1 aliphatic carbocycles. The van der Waals surface area contributed by atoms with Crippen molar-refractivity contribution >= 4 is 17.3 Å². The summed E-state index contributed by atoms with van der Waals surface area (Å²) < 4.78 is 0. The molecule has 27 heavy (non-hydrogen) atoms. The van der Waals surface area contributed by atoms with Gasteiger partial charge < -0.3 is 20.4 Å². The number of rotatable bonds is 12. The first-order valence-electron chi connectivity index (χ1n) is 9.91. The Kier molecular flexibility index (Phi) is 9.48. The standard InChI is InChI=1S/C21H32O5S/c22-17(9-6-5-7-15-11-12-27-14-15)21-16(18(23)13-19(21)24)8-3-1-2-4-10-20(25)26/h1,3,11-12,14,16-19,21-24H,2,4-10,13H2,(H,25,26)/b3-1-/t16?,17?,18-,19+,21?/m0/s1. The Balaban J connectivity index is 1.75. The van der Waals surface area contributed by atoms with Crippen LogP contribution in [0.1, 0.15) is 56.9 Å². The molecule has 0 radical (unpaired) electrons. The Bertz CT molecular complexity index is 571. The van der Waals surface area contributed by atoms with Gasteiger partial charge in [-0.2, -0.15) is 11.3 Å². The summed E-state index contributed by atoms with van der Waals surface area (Å²) in [6.45, 7) is 0. The van der Waals surface area contributed by atoms with Crippen LogP contribution >= 0.6 is 11.3 Å². The molecule has 0 spiro atoms. The zero-order valence-corrected chi connectivity index (χ0v) is 16.6. The van der Waals surface area contributed by atoms with E-state index in [1.165, 1.54) is 5.56 Å². The number of thiophene rings is 1. The maximum absolute atomic E-state index is 10.6. The van der Waals surface area contributed by atoms with Gasteiger partial charge in [0.05, 0.1) is 18.3 Å². The summed E-state index contributed by atoms with van der Waals surface area (Å²) in [4.78, 5) is 10.5. The molecule has 2 rings (SSSR count). The molecule has 4 N–H and O–H groups in total. The van der Waals surface area contributed by atoms with Gasteiger partial charge in [0.25, 0.3) is 0 Å². The molecule has 1 fully saturated rings. The van der Waals surface area contributed by atoms with Gasteiger partial charge >= 0.3 is 5.97 Å². The number of hydrogen-bond acceptors (Lipinski definition) is 5. The fourth-order valence-corrected chi connectivity index (χ4v) is 4.73. The summed E-state index contributed by atoms with van der Waals surface area (Å²) in [7, 11) is 0. The Morgan fingerprint density at radius 2 is 2.04 bits per heavy atom. The van der Waals surface area contributed by atoms with Gasteiger partial charge in [0, 0.05) is 12.3 Å². The van der Waals surface area contributed by atoms with Crippen molar-refractivity contribution in [2.45, 2.75) is 76.1 Å². The summed E-state index contributed by atoms with van der Waals surface area (Å²) in [5.41, 5.74) is 1.33. The first-order chi connectivity index (χ1) is 13.0. The topological polar surface area (TPSA) is 98.0 Å². The second kappa shape index (κ2) is 11.6. The number of unbranched alkanes of at least 4 members (excludes halogenated alkanes) is 2. The van der Waals surface area contributed by atoms with Crippen LogP contribution in [-0.2, 0) is 11.2 Å². The van der Waals surface area contributed by atoms with Crippen molar-refractivity contribution in [3.8, 4) is 0 Å². The number of allylic oxidation sites excluding steroid dienone is 2. The van der Waals surface area contributed by atoms with Crippen molar-refractivity contribution in [3.63, 3.8) is 0 Å². The van der Waals surface area contributed by atoms with Crippen molar-refractivity contribution in [1.82, 2.24) is 0 Å². The molecule has 1 saturated carbocycles. The van der Waals surface area contributed by atoms with E-state index in [1.54, 1.807) is 11.3 Å². The van der Waals surface area contributed by atoms with E-state index in [1.807, 2.05) is 12.2 Å². The van der Waals surface area contributed by atoms with E-state index < -0.39 is 24.3 Å². The average Bonchev–Trinajstić information content (AvgIpc) is 3.22. The van der Waals surface area contributed by atoms with Crippen LogP contribution in [0, 0.1) is 11.8 Å². The summed E-state index contributed by atoms with van der Waals surface area (Å²) >= 11 is 1.69. The van der Waals surface area contributed by atoms with Gasteiger partial charge in [-0.1, -0.05) is 18.6 Å². The first-order valence-corrected chi connectivity index (χ1v) is 10.9. The number of carboxylic acid groups (broad SMARTS) is 1. The van der Waals surface area contributed by atoms with Gasteiger partial charge in [0.15, 0.2) is 0 Å². The van der Waals surface area contributed by atoms with Crippen molar-refractivity contribution in [2.24, 2.45) is 11.8 Å². The number of aryl methyl sites for hydroxylation is 1. The number of aliphatic hydroxyl groups is 3. The van der Waals surface area contributed by atoms with Gasteiger partial charge in [-0.05, 0) is 73.3 Å². The molecule has 1 aromatic rings. The highest BCUT2D eigenvalue weighted by Crippen LogP contribution is 2.38. The third-order valence-corrected chi connectivity index (χ3v) is 6.22. The van der Waals surface area contributed by atoms with Gasteiger partial charge in [0.2, 0.25) is 0 Å². The van der Waals surface area contributed by atoms with E-state index in [0.717, 1.165) is 19.3 Å². The van der Waals surface area contributed by atoms with Gasteiger partial charge in [-0.3, -0.25) is 4.79 Å². The van der Waals surface area contributed by atoms with E-state index in [2.05, 4.69) is 16.8 Å². The predicted octanol–water partition coefficient (Wildman–Crippen LogP) is 3.38. The maximum atomic E-state index is 10.6. The molecular weight excluding hydrogens is 364 g/mol. The number of aliphatic hydroxyl groups excluding tert-OH is 3. The highest BCUT2D eigenvalue weighted by molar-refractivity contribution is 7.07. The number of aliphatic carboxylic acids is 1. The van der Waals surface area contributed by atoms with E-state index >= 15 is 0 Å². The van der Waals surface area contributed by atoms with E-state index in [4.69, 9.17) is 5.11 Å². The molecule has 5 atom stereocenters. The molecule has 1 heterocycles. The molecule has 6 heteroatoms. The van der Waals surface area contributed by atoms with Crippen LogP contribution in [0.2, 0.25) is 0 Å². The van der Waals surface area contributed by atoms with Crippen LogP contribution < -0.4 is 0 Å². The Morgan fingerprint density at radius 3 is 2.74 bits per heavy atom. The van der Waals surface area contributed by atoms with E-state index in [9.17, 15) is 20.1 Å². The van der Waals surface area contributed by atoms with E-state index in [-0.39, 0.29) is 18.3 Å². The van der Waals surface area contributed by atoms with Crippen LogP contribution in [0.5, 0.6) is 0 Å². The van der Waals surface area contributed by atoms with Crippen molar-refractivity contribution in [2.75, 3.05) is 0 Å². The molecule has 0 saturated heterocycles. The van der Waals surface area contributed by atoms with Crippen molar-refractivity contribution in [3.05, 3.63) is 34.5 Å². The Labute approximate surface area is 165 Å². The van der Waals surface area contributed by atoms with Gasteiger partial charge in [-0.15, -0.1) is 0 Å². The van der Waals surface area contributed by atoms with Crippen LogP contribution in [0.3, 0.4) is 0 Å². The fraction of sp³-hybridized carbons (Fsp3) is 0.667. The van der Waals surface area contributed by atoms with Crippen LogP contribution in [0.15, 0.2) is 29.0 Å². The smallest absolute Gasteiger partial charge is 0.303 e. The Morgan fingerprint density at radius 1 is 1.22 bits per heavy atom. The summed E-state index contributed by atoms with van der Waals surface area (Å²) in [5, 5.41) is 44.0. The minimum Gasteiger partial charge on any atom is -0.481 e. The summed E-state index contributed by atoms with van der Waals surface area (Å²) in [6, 6.07) is 2.12. The SMILES string of the molecule is O=C(O)CCC/C=C\CC1C(C(O)CCCCc2ccsc2)[C@H](O)C[C@@H]1O. The summed E-state index contributed by atoms with van der Waals surface area (Å²) in [6.07, 6.45) is 7.90. The zero-order valence-electron chi connectivity index (χ0n) is 15.7. The fourth-order valence-electron chi connectivity index (χ4n) is 4.03. The normalized spacial score (nSPS) is 26.6. The highest BCUT2D eigenvalue weighted by atomic mass is 32.1. The molecule has 0 aromatic carbocycles. The van der Waals surface area contributed by atoms with Crippen LogP contribution in [-0.4, -0.2) is 44.7 Å². The maximum Gasteiger partial charge on any atom is 0.303 e. The lowest BCUT2D eigenvalue weighted by molar-refractivity contribution is -0.137. The molecule has 5 nitrogen and oxygen atoms in total. The molecule has 1 aromatic heterocycles. The second-order valence-electron chi connectivity index (χ2n) is 7.55. The third-order valence-electron chi connectivity index (χ3n) is 5.49. The molecule has 0 amide bonds. The molecule has 0 aliphatic heterocycles. The molecule has 152 valence electrons. The number of carboxylic acids is 1. The lowest BCUT2D eigenvalue weighted by Crippen LogP contribution is -2.33. The van der Waals surface area contributed by atoms with Crippen molar-refractivity contribution in [1.29, 1.82) is 0 Å². The lowest BCUT2D eigenvalue weighted by atomic mass is 9.84. The lowest BCUT2D eigenvalue weighted by Gasteiger charge is -2.27. The van der Waals surface area contributed by atoms with Crippen LogP contribution in [0.4, 0.5) is 0 Å². The summed E-state index contributed by atoms with van der Waals surface area (Å²) in [5.74, 6) is -1.24. The van der Waals surface area contributed by atoms with Gasteiger partial charge in [-0.25, -0.2) is 0 Å². The van der Waals surface area contributed by atoms with Crippen LogP contribution in [0.25, 0.3) is 0 Å².